The minimum absolute atomic E-state index is 0.00288. The number of hydroxylamine groups is 1. The van der Waals surface area contributed by atoms with Gasteiger partial charge in [-0.05, 0) is 35.5 Å². The number of hydrogen-bond acceptors (Lipinski definition) is 12. The van der Waals surface area contributed by atoms with Crippen LogP contribution in [0.4, 0.5) is 5.95 Å². The summed E-state index contributed by atoms with van der Waals surface area (Å²) in [6.45, 7) is 7.67. The van der Waals surface area contributed by atoms with Crippen molar-refractivity contribution in [3.05, 3.63) is 53.1 Å². The predicted octanol–water partition coefficient (Wildman–Crippen LogP) is 1.61. The van der Waals surface area contributed by atoms with Gasteiger partial charge in [0.15, 0.2) is 34.9 Å². The van der Waals surface area contributed by atoms with Gasteiger partial charge in [0.25, 0.3) is 5.56 Å². The molecule has 1 saturated heterocycles. The van der Waals surface area contributed by atoms with E-state index in [1.807, 2.05) is 20.8 Å². The molecule has 1 aliphatic heterocycles. The molecule has 2 aromatic heterocycles. The maximum absolute atomic E-state index is 12.8. The molecule has 0 saturated carbocycles. The molecule has 0 unspecified atom stereocenters. The van der Waals surface area contributed by atoms with Crippen LogP contribution in [-0.2, 0) is 18.8 Å². The molecule has 0 bridgehead atoms. The summed E-state index contributed by atoms with van der Waals surface area (Å²) in [7, 11) is -5.23. The van der Waals surface area contributed by atoms with E-state index >= 15 is 0 Å². The topological polar surface area (TPSA) is 245 Å². The molecule has 2 aromatic carbocycles. The molecule has 254 valence electrons. The summed E-state index contributed by atoms with van der Waals surface area (Å²) in [5.41, 5.74) is 2.73. The number of esters is 1. The first-order chi connectivity index (χ1) is 21.9. The number of imidazole rings is 1. The largest absolute Gasteiger partial charge is 0.487 e. The molecule has 5 atom stereocenters. The fourth-order valence-electron chi connectivity index (χ4n) is 5.04. The van der Waals surface area contributed by atoms with Gasteiger partial charge in [-0.2, -0.15) is 4.98 Å². The Kier molecular flexibility index (Phi) is 9.11. The van der Waals surface area contributed by atoms with E-state index in [1.54, 1.807) is 30.3 Å². The number of nitrogens with zero attached hydrogens (tertiary/aromatic N) is 4. The summed E-state index contributed by atoms with van der Waals surface area (Å²) in [6, 6.07) is 8.41. The molecule has 18 heteroatoms. The van der Waals surface area contributed by atoms with Crippen molar-refractivity contribution in [3.8, 4) is 11.5 Å². The molecule has 0 aliphatic carbocycles. The first-order valence-electron chi connectivity index (χ1n) is 14.5. The first kappa shape index (κ1) is 34.3. The number of rotatable bonds is 10. The molecule has 3 heterocycles. The number of aromatic nitrogens is 4. The van der Waals surface area contributed by atoms with E-state index in [-0.39, 0.29) is 46.7 Å². The number of nitrogens with two attached hydrogens (primary N) is 1. The third-order valence-corrected chi connectivity index (χ3v) is 8.41. The molecule has 0 radical (unpaired) electrons. The predicted molar refractivity (Wildman–Crippen MR) is 167 cm³/mol. The summed E-state index contributed by atoms with van der Waals surface area (Å²) in [5.74, 6) is -1.28. The van der Waals surface area contributed by atoms with Crippen molar-refractivity contribution in [2.24, 2.45) is 5.41 Å². The fourth-order valence-corrected chi connectivity index (χ4v) is 5.78. The van der Waals surface area contributed by atoms with Gasteiger partial charge in [0.1, 0.15) is 24.4 Å². The number of aromatic amines is 1. The Balaban J connectivity index is 1.43. The summed E-state index contributed by atoms with van der Waals surface area (Å²) in [4.78, 5) is 62.0. The smallest absolute Gasteiger partial charge is 0.436 e. The number of carbonyl (C=O) groups is 1. The van der Waals surface area contributed by atoms with Crippen molar-refractivity contribution < 1.29 is 48.4 Å². The zero-order chi connectivity index (χ0) is 34.5. The minimum Gasteiger partial charge on any atom is -0.487 e. The number of H-pyrrole nitrogens is 1. The normalized spacial score (nSPS) is 22.6. The highest BCUT2D eigenvalue weighted by Gasteiger charge is 2.54. The zero-order valence-electron chi connectivity index (χ0n) is 26.2. The maximum atomic E-state index is 12.8. The van der Waals surface area contributed by atoms with Gasteiger partial charge >= 0.3 is 13.7 Å². The van der Waals surface area contributed by atoms with Gasteiger partial charge in [-0.3, -0.25) is 19.1 Å². The molecule has 0 amide bonds. The van der Waals surface area contributed by atoms with E-state index in [4.69, 9.17) is 24.8 Å². The van der Waals surface area contributed by atoms with Crippen molar-refractivity contribution >= 4 is 41.6 Å². The molecule has 47 heavy (non-hydrogen) atoms. The summed E-state index contributed by atoms with van der Waals surface area (Å²) < 4.78 is 31.2. The van der Waals surface area contributed by atoms with Crippen molar-refractivity contribution in [2.45, 2.75) is 64.7 Å². The van der Waals surface area contributed by atoms with Crippen molar-refractivity contribution in [2.75, 3.05) is 18.9 Å². The molecule has 17 nitrogen and oxygen atoms in total. The van der Waals surface area contributed by atoms with Crippen LogP contribution < -0.4 is 20.9 Å². The molecule has 5 rings (SSSR count). The Bertz CT molecular complexity index is 1900. The molecular formula is C29H37N6O11P. The lowest BCUT2D eigenvalue weighted by Crippen LogP contribution is -2.44. The van der Waals surface area contributed by atoms with E-state index in [1.165, 1.54) is 30.8 Å². The van der Waals surface area contributed by atoms with Crippen LogP contribution in [-0.4, -0.2) is 87.4 Å². The van der Waals surface area contributed by atoms with Crippen molar-refractivity contribution in [1.82, 2.24) is 24.4 Å². The van der Waals surface area contributed by atoms with Crippen LogP contribution in [0.2, 0.25) is 0 Å². The number of benzene rings is 2. The van der Waals surface area contributed by atoms with Gasteiger partial charge in [0, 0.05) is 5.39 Å². The third-order valence-electron chi connectivity index (χ3n) is 7.47. The number of nitrogens with one attached hydrogen (secondary N) is 1. The molecule has 1 aliphatic rings. The van der Waals surface area contributed by atoms with Crippen LogP contribution >= 0.6 is 7.75 Å². The number of fused-ring (bicyclic) bond motifs is 2. The molecule has 1 fully saturated rings. The van der Waals surface area contributed by atoms with Crippen LogP contribution in [0.5, 0.6) is 11.5 Å². The third kappa shape index (κ3) is 6.96. The van der Waals surface area contributed by atoms with Gasteiger partial charge in [-0.15, -0.1) is 0 Å². The number of hydrogen-bond donors (Lipinski definition) is 6. The Hall–Kier alpha value is -4.09. The summed E-state index contributed by atoms with van der Waals surface area (Å²) in [6.07, 6.45) is -2.75. The fraction of sp³-hybridized carbons (Fsp3) is 0.448. The number of aliphatic hydroxyl groups excluding tert-OH is 1. The maximum Gasteiger partial charge on any atom is 0.436 e. The van der Waals surface area contributed by atoms with Crippen LogP contribution in [0, 0.1) is 5.41 Å². The first-order valence-corrected chi connectivity index (χ1v) is 16.1. The molecular weight excluding hydrogens is 639 g/mol. The van der Waals surface area contributed by atoms with E-state index < -0.39 is 54.8 Å². The van der Waals surface area contributed by atoms with Crippen LogP contribution in [0.15, 0.2) is 47.5 Å². The van der Waals surface area contributed by atoms with E-state index in [9.17, 15) is 34.2 Å². The van der Waals surface area contributed by atoms with Gasteiger partial charge in [-0.1, -0.05) is 51.1 Å². The highest BCUT2D eigenvalue weighted by Crippen LogP contribution is 2.46. The number of aliphatic hydroxyl groups is 2. The Morgan fingerprint density at radius 1 is 1.26 bits per heavy atom. The second-order valence-corrected chi connectivity index (χ2v) is 14.1. The Morgan fingerprint density at radius 2 is 1.96 bits per heavy atom. The van der Waals surface area contributed by atoms with Crippen LogP contribution in [0.25, 0.3) is 21.9 Å². The Morgan fingerprint density at radius 3 is 2.64 bits per heavy atom. The number of anilines is 1. The lowest BCUT2D eigenvalue weighted by Gasteiger charge is -2.29. The van der Waals surface area contributed by atoms with Crippen molar-refractivity contribution in [3.63, 3.8) is 0 Å². The molecule has 7 N–H and O–H groups in total. The second kappa shape index (κ2) is 12.5. The highest BCUT2D eigenvalue weighted by molar-refractivity contribution is 7.49. The molecule has 4 aromatic rings. The summed E-state index contributed by atoms with van der Waals surface area (Å²) >= 11 is 0. The minimum atomic E-state index is -5.23. The molecule has 0 spiro atoms. The number of carbonyl (C=O) groups excluding carboxylic acids is 1. The van der Waals surface area contributed by atoms with E-state index in [0.717, 1.165) is 0 Å². The second-order valence-electron chi connectivity index (χ2n) is 12.6. The Labute approximate surface area is 268 Å². The van der Waals surface area contributed by atoms with E-state index in [2.05, 4.69) is 15.0 Å². The average molecular weight is 677 g/mol. The zero-order valence-corrected chi connectivity index (χ0v) is 27.1. The standard InChI is InChI=1S/C29H37N6O11P/c1-15(25(38)44-13-28(2,3)4)35(47(40,41)42)46-21-17-9-7-6-8-16(17)10-11-18(21)43-12-19-22(36)29(5,39)26(45-19)34-14-31-20-23(34)32-27(30)33-24(20)37/h6-11,14-15,19,22,26,36,39H,12-13H2,1-5H3,(H2,40,41,42)(H3,30,32,33,37)/t15-,19+,22+,26+,29+/m0/s1. The average Bonchev–Trinajstić information content (AvgIpc) is 3.49. The quantitative estimate of drug-likeness (QED) is 0.0794. The lowest BCUT2D eigenvalue weighted by molar-refractivity contribution is -0.159. The van der Waals surface area contributed by atoms with Crippen molar-refractivity contribution in [1.29, 1.82) is 0 Å². The lowest BCUT2D eigenvalue weighted by atomic mass is 9.96. The van der Waals surface area contributed by atoms with Gasteiger partial charge < -0.3 is 44.8 Å². The van der Waals surface area contributed by atoms with Gasteiger partial charge in [0.2, 0.25) is 5.95 Å². The van der Waals surface area contributed by atoms with E-state index in [0.29, 0.717) is 10.8 Å². The van der Waals surface area contributed by atoms with Gasteiger partial charge in [-0.25, -0.2) is 9.55 Å². The van der Waals surface area contributed by atoms with Crippen LogP contribution in [0.1, 0.15) is 40.8 Å². The number of nitrogen functional groups attached to an aromatic ring is 1. The SMILES string of the molecule is C[C@@H](C(=O)OCC(C)(C)C)N(Oc1c(OC[C@H]2O[C@@H](n3cnc4c(=O)[nH]c(N)nc43)[C@](C)(O)[C@@H]2O)ccc2ccccc12)P(=O)(O)O. The number of ether oxygens (including phenoxy) is 3. The highest BCUT2D eigenvalue weighted by atomic mass is 31.2. The summed E-state index contributed by atoms with van der Waals surface area (Å²) in [5, 5.41) is 23.4. The van der Waals surface area contributed by atoms with Gasteiger partial charge in [0.05, 0.1) is 12.9 Å². The monoisotopic (exact) mass is 676 g/mol. The van der Waals surface area contributed by atoms with Crippen LogP contribution in [0.3, 0.4) is 0 Å².